The number of carbonyl (C=O) groups is 1. The van der Waals surface area contributed by atoms with E-state index in [0.29, 0.717) is 23.8 Å². The molecule has 1 aliphatic heterocycles. The van der Waals surface area contributed by atoms with Crippen molar-refractivity contribution in [1.29, 1.82) is 0 Å². The van der Waals surface area contributed by atoms with E-state index in [9.17, 15) is 40.6 Å². The molecular formula is C26H25F7N5O3-. The van der Waals surface area contributed by atoms with Crippen LogP contribution in [0.4, 0.5) is 36.7 Å². The monoisotopic (exact) mass is 588 g/mol. The summed E-state index contributed by atoms with van der Waals surface area (Å²) in [6, 6.07) is 6.73. The Hall–Kier alpha value is -3.98. The lowest BCUT2D eigenvalue weighted by Gasteiger charge is -2.32. The minimum Gasteiger partial charge on any atom is -0.661 e. The topological polar surface area (TPSA) is 92.9 Å². The standard InChI is InChI=1S/C16H17FN4O3.C10H8F6N/c1-20-6-8-21(9-7-20)16-18-10-13(15(22)23)14(19-16)24-12-4-2-11(17)3-5-12;1-17-5-6-2-7(9(11,12)13)4-8(3-6)10(14,15)16/h2-5,10H,6-9H2,1H3,(H,22,23);2-4H,5H2,1H3/q;-1. The van der Waals surface area contributed by atoms with Gasteiger partial charge >= 0.3 is 18.3 Å². The maximum Gasteiger partial charge on any atom is 0.416 e. The molecule has 1 aliphatic rings. The van der Waals surface area contributed by atoms with Gasteiger partial charge in [-0.15, -0.1) is 6.54 Å². The van der Waals surface area contributed by atoms with Gasteiger partial charge in [0, 0.05) is 26.2 Å². The van der Waals surface area contributed by atoms with E-state index in [4.69, 9.17) is 4.74 Å². The molecule has 1 fully saturated rings. The zero-order chi connectivity index (χ0) is 30.4. The number of aromatic carboxylic acids is 1. The lowest BCUT2D eigenvalue weighted by atomic mass is 10.0. The van der Waals surface area contributed by atoms with Crippen LogP contribution in [-0.2, 0) is 18.9 Å². The highest BCUT2D eigenvalue weighted by Crippen LogP contribution is 2.36. The van der Waals surface area contributed by atoms with Crippen molar-refractivity contribution in [2.75, 3.05) is 45.2 Å². The third-order valence-corrected chi connectivity index (χ3v) is 5.77. The molecule has 0 spiro atoms. The minimum atomic E-state index is -4.80. The van der Waals surface area contributed by atoms with Gasteiger partial charge in [0.15, 0.2) is 0 Å². The zero-order valence-corrected chi connectivity index (χ0v) is 21.8. The number of rotatable bonds is 6. The number of carboxylic acids is 1. The van der Waals surface area contributed by atoms with Gasteiger partial charge in [-0.05, 0) is 49.5 Å². The van der Waals surface area contributed by atoms with Crippen molar-refractivity contribution in [3.63, 3.8) is 0 Å². The highest BCUT2D eigenvalue weighted by atomic mass is 19.4. The highest BCUT2D eigenvalue weighted by molar-refractivity contribution is 5.90. The van der Waals surface area contributed by atoms with E-state index in [1.807, 2.05) is 11.9 Å². The summed E-state index contributed by atoms with van der Waals surface area (Å²) in [7, 11) is 3.35. The van der Waals surface area contributed by atoms with Crippen molar-refractivity contribution in [2.45, 2.75) is 18.9 Å². The number of halogens is 7. The molecule has 1 saturated heterocycles. The largest absolute Gasteiger partial charge is 0.661 e. The molecule has 0 amide bonds. The number of aromatic nitrogens is 2. The number of alkyl halides is 6. The second-order valence-corrected chi connectivity index (χ2v) is 8.93. The predicted molar refractivity (Wildman–Crippen MR) is 135 cm³/mol. The predicted octanol–water partition coefficient (Wildman–Crippen LogP) is 6.09. The van der Waals surface area contributed by atoms with Crippen LogP contribution in [0.25, 0.3) is 5.32 Å². The van der Waals surface area contributed by atoms with Gasteiger partial charge in [0.2, 0.25) is 11.8 Å². The van der Waals surface area contributed by atoms with Gasteiger partial charge in [0.1, 0.15) is 17.1 Å². The van der Waals surface area contributed by atoms with Crippen LogP contribution >= 0.6 is 0 Å². The van der Waals surface area contributed by atoms with Crippen molar-refractivity contribution in [3.05, 3.63) is 82.0 Å². The van der Waals surface area contributed by atoms with E-state index >= 15 is 0 Å². The number of piperazine rings is 1. The third kappa shape index (κ3) is 9.01. The average Bonchev–Trinajstić information content (AvgIpc) is 2.90. The van der Waals surface area contributed by atoms with Gasteiger partial charge in [0.25, 0.3) is 0 Å². The quantitative estimate of drug-likeness (QED) is 0.349. The van der Waals surface area contributed by atoms with Gasteiger partial charge < -0.3 is 25.0 Å². The number of ether oxygens (including phenoxy) is 1. The first kappa shape index (κ1) is 31.5. The Kier molecular flexibility index (Phi) is 10.1. The van der Waals surface area contributed by atoms with Crippen LogP contribution in [0.3, 0.4) is 0 Å². The first-order valence-electron chi connectivity index (χ1n) is 12.0. The second-order valence-electron chi connectivity index (χ2n) is 8.93. The Bertz CT molecular complexity index is 1290. The number of anilines is 1. The molecule has 4 rings (SSSR count). The summed E-state index contributed by atoms with van der Waals surface area (Å²) in [6.45, 7) is 3.06. The van der Waals surface area contributed by atoms with Crippen LogP contribution in [0, 0.1) is 5.82 Å². The molecule has 15 heteroatoms. The molecule has 0 aliphatic carbocycles. The highest BCUT2D eigenvalue weighted by Gasteiger charge is 2.36. The Balaban J connectivity index is 0.000000241. The Labute approximate surface area is 230 Å². The van der Waals surface area contributed by atoms with Crippen molar-refractivity contribution >= 4 is 11.9 Å². The molecule has 0 bridgehead atoms. The van der Waals surface area contributed by atoms with Crippen LogP contribution in [0.15, 0.2) is 48.7 Å². The minimum absolute atomic E-state index is 0.0574. The zero-order valence-electron chi connectivity index (χ0n) is 21.8. The molecule has 0 unspecified atom stereocenters. The number of likely N-dealkylation sites (N-methyl/N-ethyl adjacent to an activating group) is 1. The third-order valence-electron chi connectivity index (χ3n) is 5.77. The summed E-state index contributed by atoms with van der Waals surface area (Å²) in [5.41, 5.74) is -2.89. The normalized spacial score (nSPS) is 14.3. The summed E-state index contributed by atoms with van der Waals surface area (Å²) in [5.74, 6) is -0.913. The first-order chi connectivity index (χ1) is 19.2. The van der Waals surface area contributed by atoms with Gasteiger partial charge in [-0.25, -0.2) is 14.2 Å². The van der Waals surface area contributed by atoms with Gasteiger partial charge in [0.05, 0.1) is 17.3 Å². The Morgan fingerprint density at radius 3 is 2.02 bits per heavy atom. The van der Waals surface area contributed by atoms with E-state index in [1.165, 1.54) is 37.5 Å². The summed E-state index contributed by atoms with van der Waals surface area (Å²) in [6.07, 6.45) is -8.37. The van der Waals surface area contributed by atoms with E-state index in [1.54, 1.807) is 0 Å². The average molecular weight is 589 g/mol. The lowest BCUT2D eigenvalue weighted by Crippen LogP contribution is -2.45. The fraction of sp³-hybridized carbons (Fsp3) is 0.346. The van der Waals surface area contributed by atoms with Crippen molar-refractivity contribution < 1.29 is 45.4 Å². The SMILES string of the molecule is CN1CCN(c2ncc(C(=O)O)c(Oc3ccc(F)cc3)n2)CC1.C[N-]Cc1cc(C(F)(F)F)cc(C(F)(F)F)c1. The first-order valence-corrected chi connectivity index (χ1v) is 12.0. The summed E-state index contributed by atoms with van der Waals surface area (Å²) < 4.78 is 92.8. The number of hydrogen-bond donors (Lipinski definition) is 1. The van der Waals surface area contributed by atoms with Crippen LogP contribution in [-0.4, -0.2) is 66.2 Å². The fourth-order valence-electron chi connectivity index (χ4n) is 3.65. The molecule has 41 heavy (non-hydrogen) atoms. The van der Waals surface area contributed by atoms with E-state index < -0.39 is 35.3 Å². The summed E-state index contributed by atoms with van der Waals surface area (Å²) >= 11 is 0. The molecule has 0 radical (unpaired) electrons. The van der Waals surface area contributed by atoms with Gasteiger partial charge in [-0.2, -0.15) is 38.4 Å². The molecule has 2 aromatic carbocycles. The number of carboxylic acid groups (broad SMARTS) is 1. The molecule has 3 aromatic rings. The molecule has 8 nitrogen and oxygen atoms in total. The van der Waals surface area contributed by atoms with E-state index in [0.717, 1.165) is 26.2 Å². The van der Waals surface area contributed by atoms with E-state index in [2.05, 4.69) is 20.2 Å². The van der Waals surface area contributed by atoms with Crippen molar-refractivity contribution in [3.8, 4) is 11.6 Å². The molecule has 2 heterocycles. The number of nitrogens with zero attached hydrogens (tertiary/aromatic N) is 5. The molecule has 222 valence electrons. The van der Waals surface area contributed by atoms with Crippen molar-refractivity contribution in [2.24, 2.45) is 0 Å². The molecular weight excluding hydrogens is 563 g/mol. The molecule has 1 aromatic heterocycles. The van der Waals surface area contributed by atoms with Gasteiger partial charge in [-0.1, -0.05) is 5.56 Å². The van der Waals surface area contributed by atoms with Crippen molar-refractivity contribution in [1.82, 2.24) is 14.9 Å². The van der Waals surface area contributed by atoms with E-state index in [-0.39, 0.29) is 29.6 Å². The Morgan fingerprint density at radius 2 is 1.54 bits per heavy atom. The molecule has 0 saturated carbocycles. The van der Waals surface area contributed by atoms with Crippen LogP contribution in [0.2, 0.25) is 0 Å². The number of benzene rings is 2. The summed E-state index contributed by atoms with van der Waals surface area (Å²) in [4.78, 5) is 23.9. The lowest BCUT2D eigenvalue weighted by molar-refractivity contribution is -0.143. The van der Waals surface area contributed by atoms with Crippen LogP contribution < -0.4 is 9.64 Å². The van der Waals surface area contributed by atoms with Crippen LogP contribution in [0.5, 0.6) is 11.6 Å². The van der Waals surface area contributed by atoms with Crippen LogP contribution in [0.1, 0.15) is 27.0 Å². The Morgan fingerprint density at radius 1 is 0.976 bits per heavy atom. The maximum atomic E-state index is 13.0. The second kappa shape index (κ2) is 13.1. The van der Waals surface area contributed by atoms with Gasteiger partial charge in [-0.3, -0.25) is 0 Å². The summed E-state index contributed by atoms with van der Waals surface area (Å²) in [5, 5.41) is 12.8. The maximum absolute atomic E-state index is 13.0. The smallest absolute Gasteiger partial charge is 0.416 e. The molecule has 1 N–H and O–H groups in total. The fourth-order valence-corrected chi connectivity index (χ4v) is 3.65. The number of hydrogen-bond acceptors (Lipinski definition) is 6. The molecule has 0 atom stereocenters.